The number of nitrogens with zero attached hydrogens (tertiary/aromatic N) is 5. The van der Waals surface area contributed by atoms with Crippen molar-refractivity contribution in [3.8, 4) is 17.0 Å². The second-order valence-electron chi connectivity index (χ2n) is 8.91. The number of halogens is 1. The van der Waals surface area contributed by atoms with E-state index in [1.54, 1.807) is 11.8 Å². The summed E-state index contributed by atoms with van der Waals surface area (Å²) in [5.41, 5.74) is 4.59. The van der Waals surface area contributed by atoms with Gasteiger partial charge in [0.2, 0.25) is 11.9 Å². The van der Waals surface area contributed by atoms with Crippen LogP contribution in [0.15, 0.2) is 54.9 Å². The van der Waals surface area contributed by atoms with E-state index in [0.29, 0.717) is 60.2 Å². The third kappa shape index (κ3) is 6.05. The zero-order chi connectivity index (χ0) is 27.4. The van der Waals surface area contributed by atoms with E-state index in [0.717, 1.165) is 22.6 Å². The maximum atomic E-state index is 12.0. The minimum Gasteiger partial charge on any atom is -0.494 e. The van der Waals surface area contributed by atoms with Gasteiger partial charge in [0.05, 0.1) is 49.3 Å². The van der Waals surface area contributed by atoms with Crippen LogP contribution in [0.4, 0.5) is 34.5 Å². The molecule has 0 atom stereocenters. The van der Waals surface area contributed by atoms with Crippen LogP contribution in [0.1, 0.15) is 6.92 Å². The van der Waals surface area contributed by atoms with Crippen molar-refractivity contribution < 1.29 is 14.3 Å². The first-order valence-corrected chi connectivity index (χ1v) is 12.8. The Bertz CT molecular complexity index is 1490. The van der Waals surface area contributed by atoms with Gasteiger partial charge < -0.3 is 30.3 Å². The van der Waals surface area contributed by atoms with Crippen molar-refractivity contribution in [2.45, 2.75) is 6.92 Å². The lowest BCUT2D eigenvalue weighted by molar-refractivity contribution is -0.114. The van der Waals surface area contributed by atoms with Crippen LogP contribution in [0.2, 0.25) is 5.02 Å². The normalized spacial score (nSPS) is 13.2. The number of carbonyl (C=O) groups excluding carboxylic acids is 1. The summed E-state index contributed by atoms with van der Waals surface area (Å²) in [6.07, 6.45) is 3.41. The van der Waals surface area contributed by atoms with Crippen molar-refractivity contribution in [3.05, 3.63) is 59.9 Å². The number of aryl methyl sites for hydroxylation is 1. The lowest BCUT2D eigenvalue weighted by Crippen LogP contribution is -2.36. The van der Waals surface area contributed by atoms with Gasteiger partial charge in [-0.05, 0) is 18.2 Å². The topological polar surface area (TPSA) is 118 Å². The lowest BCUT2D eigenvalue weighted by Gasteiger charge is -2.31. The quantitative estimate of drug-likeness (QED) is 0.285. The summed E-state index contributed by atoms with van der Waals surface area (Å²) >= 11 is 6.48. The fourth-order valence-corrected chi connectivity index (χ4v) is 4.47. The van der Waals surface area contributed by atoms with Crippen LogP contribution < -0.4 is 25.6 Å². The van der Waals surface area contributed by atoms with Gasteiger partial charge in [-0.25, -0.2) is 4.98 Å². The van der Waals surface area contributed by atoms with Crippen molar-refractivity contribution in [2.24, 2.45) is 7.05 Å². The van der Waals surface area contributed by atoms with E-state index in [1.165, 1.54) is 13.1 Å². The third-order valence-corrected chi connectivity index (χ3v) is 6.42. The molecule has 1 aliphatic heterocycles. The summed E-state index contributed by atoms with van der Waals surface area (Å²) in [7, 11) is 3.46. The number of rotatable bonds is 8. The fourth-order valence-electron chi connectivity index (χ4n) is 4.33. The number of ether oxygens (including phenoxy) is 2. The van der Waals surface area contributed by atoms with Gasteiger partial charge in [-0.15, -0.1) is 0 Å². The van der Waals surface area contributed by atoms with Crippen LogP contribution in [0.3, 0.4) is 0 Å². The van der Waals surface area contributed by atoms with E-state index in [4.69, 9.17) is 21.1 Å². The smallest absolute Gasteiger partial charge is 0.229 e. The predicted molar refractivity (Wildman–Crippen MR) is 153 cm³/mol. The van der Waals surface area contributed by atoms with Gasteiger partial charge in [0, 0.05) is 50.6 Å². The molecule has 5 rings (SSSR count). The van der Waals surface area contributed by atoms with Gasteiger partial charge in [-0.2, -0.15) is 10.1 Å². The first kappa shape index (κ1) is 26.3. The van der Waals surface area contributed by atoms with E-state index in [2.05, 4.69) is 35.9 Å². The number of benzene rings is 2. The Kier molecular flexibility index (Phi) is 7.80. The molecule has 3 heterocycles. The van der Waals surface area contributed by atoms with Crippen molar-refractivity contribution in [3.63, 3.8) is 0 Å². The minimum absolute atomic E-state index is 0.179. The molecule has 4 aromatic rings. The summed E-state index contributed by atoms with van der Waals surface area (Å²) in [6, 6.07) is 13.4. The lowest BCUT2D eigenvalue weighted by atomic mass is 10.1. The zero-order valence-electron chi connectivity index (χ0n) is 21.9. The van der Waals surface area contributed by atoms with Crippen molar-refractivity contribution in [1.29, 1.82) is 0 Å². The second kappa shape index (κ2) is 11.6. The number of morpholine rings is 1. The molecule has 1 amide bonds. The van der Waals surface area contributed by atoms with E-state index in [-0.39, 0.29) is 5.91 Å². The molecule has 0 spiro atoms. The molecule has 1 saturated heterocycles. The van der Waals surface area contributed by atoms with Gasteiger partial charge in [0.25, 0.3) is 0 Å². The van der Waals surface area contributed by atoms with Gasteiger partial charge in [-0.3, -0.25) is 9.48 Å². The zero-order valence-corrected chi connectivity index (χ0v) is 22.6. The van der Waals surface area contributed by atoms with Crippen LogP contribution in [-0.2, 0) is 16.6 Å². The molecule has 12 heteroatoms. The maximum absolute atomic E-state index is 12.0. The number of nitrogens with one attached hydrogen (secondary N) is 3. The fraction of sp³-hybridized carbons (Fsp3) is 0.259. The first-order chi connectivity index (χ1) is 18.9. The Morgan fingerprint density at radius 2 is 1.87 bits per heavy atom. The Morgan fingerprint density at radius 3 is 2.59 bits per heavy atom. The highest BCUT2D eigenvalue weighted by Crippen LogP contribution is 2.39. The molecule has 0 aliphatic carbocycles. The molecule has 0 bridgehead atoms. The summed E-state index contributed by atoms with van der Waals surface area (Å²) in [5, 5.41) is 14.3. The average molecular weight is 549 g/mol. The number of anilines is 6. The van der Waals surface area contributed by atoms with Crippen LogP contribution in [0.25, 0.3) is 11.3 Å². The van der Waals surface area contributed by atoms with Crippen molar-refractivity contribution in [1.82, 2.24) is 19.7 Å². The minimum atomic E-state index is -0.179. The Morgan fingerprint density at radius 1 is 1.08 bits per heavy atom. The highest BCUT2D eigenvalue weighted by atomic mass is 35.5. The molecular weight excluding hydrogens is 520 g/mol. The Labute approximate surface area is 231 Å². The second-order valence-corrected chi connectivity index (χ2v) is 9.32. The standard InChI is InChI=1S/C27H29ClN8O3/c1-17(37)30-22-14-23(25(38-3)15-24(22)36-10-12-39-13-11-36)32-27-29-16-19(28)26(33-27)31-20-7-5-4-6-18(20)21-8-9-35(2)34-21/h4-9,14-16H,10-13H2,1-3H3,(H,30,37)(H2,29,31,32,33). The summed E-state index contributed by atoms with van der Waals surface area (Å²) in [5.74, 6) is 1.10. The number of para-hydroxylation sites is 1. The molecule has 2 aromatic carbocycles. The van der Waals surface area contributed by atoms with E-state index in [1.807, 2.05) is 55.7 Å². The average Bonchev–Trinajstić information content (AvgIpc) is 3.37. The first-order valence-electron chi connectivity index (χ1n) is 12.4. The molecule has 0 unspecified atom stereocenters. The van der Waals surface area contributed by atoms with Crippen molar-refractivity contribution in [2.75, 3.05) is 54.3 Å². The van der Waals surface area contributed by atoms with Gasteiger partial charge in [0.15, 0.2) is 5.82 Å². The highest BCUT2D eigenvalue weighted by molar-refractivity contribution is 6.33. The predicted octanol–water partition coefficient (Wildman–Crippen LogP) is 4.82. The molecule has 3 N–H and O–H groups in total. The van der Waals surface area contributed by atoms with Gasteiger partial charge in [-0.1, -0.05) is 29.8 Å². The highest BCUT2D eigenvalue weighted by Gasteiger charge is 2.20. The monoisotopic (exact) mass is 548 g/mol. The largest absolute Gasteiger partial charge is 0.494 e. The SMILES string of the molecule is COc1cc(N2CCOCC2)c(NC(C)=O)cc1Nc1ncc(Cl)c(Nc2ccccc2-c2ccn(C)n2)n1. The summed E-state index contributed by atoms with van der Waals surface area (Å²) in [6.45, 7) is 4.11. The summed E-state index contributed by atoms with van der Waals surface area (Å²) < 4.78 is 12.9. The Hall–Kier alpha value is -4.35. The van der Waals surface area contributed by atoms with E-state index < -0.39 is 0 Å². The Balaban J connectivity index is 1.46. The van der Waals surface area contributed by atoms with Crippen LogP contribution in [0, 0.1) is 0 Å². The molecular formula is C27H29ClN8O3. The molecule has 0 radical (unpaired) electrons. The molecule has 1 fully saturated rings. The van der Waals surface area contributed by atoms with E-state index >= 15 is 0 Å². The van der Waals surface area contributed by atoms with Gasteiger partial charge in [0.1, 0.15) is 10.8 Å². The molecule has 2 aromatic heterocycles. The molecule has 202 valence electrons. The van der Waals surface area contributed by atoms with Crippen LogP contribution in [0.5, 0.6) is 5.75 Å². The van der Waals surface area contributed by atoms with Gasteiger partial charge >= 0.3 is 0 Å². The molecule has 11 nitrogen and oxygen atoms in total. The third-order valence-electron chi connectivity index (χ3n) is 6.14. The number of carbonyl (C=O) groups is 1. The number of hydrogen-bond donors (Lipinski definition) is 3. The number of methoxy groups -OCH3 is 1. The number of aromatic nitrogens is 4. The molecule has 0 saturated carbocycles. The summed E-state index contributed by atoms with van der Waals surface area (Å²) in [4.78, 5) is 23.1. The molecule has 39 heavy (non-hydrogen) atoms. The van der Waals surface area contributed by atoms with E-state index in [9.17, 15) is 4.79 Å². The number of amides is 1. The molecule has 1 aliphatic rings. The van der Waals surface area contributed by atoms with Crippen molar-refractivity contribution >= 4 is 52.0 Å². The van der Waals surface area contributed by atoms with Crippen LogP contribution >= 0.6 is 11.6 Å². The maximum Gasteiger partial charge on any atom is 0.229 e. The van der Waals surface area contributed by atoms with Crippen LogP contribution in [-0.4, -0.2) is 59.1 Å². The number of hydrogen-bond acceptors (Lipinski definition) is 9.